The van der Waals surface area contributed by atoms with E-state index in [0.717, 1.165) is 23.3 Å². The van der Waals surface area contributed by atoms with Gasteiger partial charge in [-0.15, -0.1) is 11.3 Å². The third-order valence-corrected chi connectivity index (χ3v) is 6.33. The highest BCUT2D eigenvalue weighted by Crippen LogP contribution is 2.27. The van der Waals surface area contributed by atoms with E-state index in [1.54, 1.807) is 43.3 Å². The van der Waals surface area contributed by atoms with Crippen LogP contribution in [0.3, 0.4) is 0 Å². The molecular formula is C25H23N5O3S. The minimum atomic E-state index is -0.327. The minimum absolute atomic E-state index is 0.126. The summed E-state index contributed by atoms with van der Waals surface area (Å²) in [7, 11) is 3.36. The van der Waals surface area contributed by atoms with Gasteiger partial charge in [-0.2, -0.15) is 5.26 Å². The average Bonchev–Trinajstić information content (AvgIpc) is 3.48. The van der Waals surface area contributed by atoms with Crippen LogP contribution >= 0.6 is 11.3 Å². The number of ether oxygens (including phenoxy) is 1. The Bertz CT molecular complexity index is 1370. The molecule has 9 heteroatoms. The van der Waals surface area contributed by atoms with E-state index in [-0.39, 0.29) is 11.8 Å². The number of hydrogen-bond donors (Lipinski definition) is 1. The van der Waals surface area contributed by atoms with Gasteiger partial charge in [0.1, 0.15) is 10.9 Å². The predicted octanol–water partition coefficient (Wildman–Crippen LogP) is 4.53. The van der Waals surface area contributed by atoms with Gasteiger partial charge in [0.2, 0.25) is 5.95 Å². The van der Waals surface area contributed by atoms with Gasteiger partial charge in [0.25, 0.3) is 11.8 Å². The first-order chi connectivity index (χ1) is 16.5. The Morgan fingerprint density at radius 1 is 1.18 bits per heavy atom. The van der Waals surface area contributed by atoms with Crippen LogP contribution in [0.4, 0.5) is 11.6 Å². The highest BCUT2D eigenvalue weighted by molar-refractivity contribution is 7.14. The third kappa shape index (κ3) is 4.83. The Balaban J connectivity index is 1.65. The number of rotatable bonds is 8. The first-order valence-corrected chi connectivity index (χ1v) is 11.5. The highest BCUT2D eigenvalue weighted by atomic mass is 32.1. The smallest absolute Gasteiger partial charge is 0.268 e. The fourth-order valence-corrected chi connectivity index (χ4v) is 4.29. The molecule has 0 atom stereocenters. The number of amides is 2. The van der Waals surface area contributed by atoms with E-state index in [4.69, 9.17) is 10.00 Å². The van der Waals surface area contributed by atoms with Crippen molar-refractivity contribution in [1.29, 1.82) is 5.26 Å². The molecule has 2 aromatic carbocycles. The van der Waals surface area contributed by atoms with Crippen molar-refractivity contribution < 1.29 is 14.3 Å². The zero-order valence-corrected chi connectivity index (χ0v) is 19.6. The second kappa shape index (κ2) is 10.3. The number of fused-ring (bicyclic) bond motifs is 1. The van der Waals surface area contributed by atoms with Crippen molar-refractivity contribution in [1.82, 2.24) is 9.55 Å². The number of benzene rings is 2. The molecule has 4 aromatic rings. The van der Waals surface area contributed by atoms with Crippen LogP contribution in [0.1, 0.15) is 31.3 Å². The summed E-state index contributed by atoms with van der Waals surface area (Å²) in [5.74, 6) is -0.0532. The SMILES string of the molecule is COCCCn1c(NC(=O)c2ccc(C#N)s2)nc2cc(N(C)C(=O)c3ccccc3)ccc21. The van der Waals surface area contributed by atoms with Gasteiger partial charge >= 0.3 is 0 Å². The standard InChI is InChI=1S/C25H23N5O3S/c1-29(24(32)17-7-4-3-5-8-17)18-9-11-21-20(15-18)27-25(30(21)13-6-14-33-2)28-23(31)22-12-10-19(16-26)34-22/h3-5,7-12,15H,6,13-14H2,1-2H3,(H,27,28,31). The molecule has 34 heavy (non-hydrogen) atoms. The van der Waals surface area contributed by atoms with Crippen molar-refractivity contribution in [2.75, 3.05) is 31.0 Å². The van der Waals surface area contributed by atoms with Crippen molar-refractivity contribution in [2.24, 2.45) is 0 Å². The summed E-state index contributed by atoms with van der Waals surface area (Å²) >= 11 is 1.13. The monoisotopic (exact) mass is 473 g/mol. The maximum atomic E-state index is 12.9. The Kier molecular flexibility index (Phi) is 7.01. The molecule has 0 spiro atoms. The molecule has 0 fully saturated rings. The van der Waals surface area contributed by atoms with Crippen molar-refractivity contribution in [3.63, 3.8) is 0 Å². The van der Waals surface area contributed by atoms with E-state index < -0.39 is 0 Å². The number of anilines is 2. The van der Waals surface area contributed by atoms with Crippen LogP contribution in [0.2, 0.25) is 0 Å². The largest absolute Gasteiger partial charge is 0.385 e. The molecule has 172 valence electrons. The van der Waals surface area contributed by atoms with Gasteiger partial charge in [-0.25, -0.2) is 4.98 Å². The van der Waals surface area contributed by atoms with Crippen LogP contribution in [0, 0.1) is 11.3 Å². The molecule has 2 aromatic heterocycles. The average molecular weight is 474 g/mol. The summed E-state index contributed by atoms with van der Waals surface area (Å²) in [6, 6.07) is 19.9. The zero-order chi connectivity index (χ0) is 24.1. The number of imidazole rings is 1. The number of carbonyl (C=O) groups is 2. The fraction of sp³-hybridized carbons (Fsp3) is 0.200. The summed E-state index contributed by atoms with van der Waals surface area (Å²) in [6.07, 6.45) is 0.733. The Labute approximate surface area is 201 Å². The number of nitrogens with one attached hydrogen (secondary N) is 1. The van der Waals surface area contributed by atoms with Gasteiger partial charge in [-0.1, -0.05) is 18.2 Å². The van der Waals surface area contributed by atoms with Gasteiger partial charge in [-0.3, -0.25) is 14.9 Å². The molecule has 0 aliphatic rings. The number of methoxy groups -OCH3 is 1. The number of thiophene rings is 1. The third-order valence-electron chi connectivity index (χ3n) is 5.34. The molecular weight excluding hydrogens is 450 g/mol. The molecule has 4 rings (SSSR count). The van der Waals surface area contributed by atoms with Crippen LogP contribution in [-0.4, -0.2) is 42.1 Å². The summed E-state index contributed by atoms with van der Waals surface area (Å²) in [5.41, 5.74) is 2.77. The van der Waals surface area contributed by atoms with Gasteiger partial charge < -0.3 is 14.2 Å². The first kappa shape index (κ1) is 23.2. The van der Waals surface area contributed by atoms with Gasteiger partial charge in [0.05, 0.1) is 15.9 Å². The van der Waals surface area contributed by atoms with E-state index >= 15 is 0 Å². The quantitative estimate of drug-likeness (QED) is 0.379. The Morgan fingerprint density at radius 3 is 2.68 bits per heavy atom. The lowest BCUT2D eigenvalue weighted by molar-refractivity contribution is 0.0991. The van der Waals surface area contributed by atoms with E-state index in [9.17, 15) is 9.59 Å². The topological polar surface area (TPSA) is 100 Å². The Morgan fingerprint density at radius 2 is 1.97 bits per heavy atom. The first-order valence-electron chi connectivity index (χ1n) is 10.7. The zero-order valence-electron chi connectivity index (χ0n) is 18.8. The highest BCUT2D eigenvalue weighted by Gasteiger charge is 2.18. The Hall–Kier alpha value is -4.00. The second-order valence-corrected chi connectivity index (χ2v) is 8.65. The number of aromatic nitrogens is 2. The lowest BCUT2D eigenvalue weighted by atomic mass is 10.2. The molecule has 2 amide bonds. The summed E-state index contributed by atoms with van der Waals surface area (Å²) in [6.45, 7) is 1.15. The van der Waals surface area contributed by atoms with E-state index in [0.29, 0.717) is 45.6 Å². The number of hydrogen-bond acceptors (Lipinski definition) is 6. The lowest BCUT2D eigenvalue weighted by Crippen LogP contribution is -2.26. The molecule has 0 saturated carbocycles. The molecule has 8 nitrogen and oxygen atoms in total. The van der Waals surface area contributed by atoms with E-state index in [1.807, 2.05) is 47.0 Å². The molecule has 1 N–H and O–H groups in total. The van der Waals surface area contributed by atoms with Crippen molar-refractivity contribution in [3.05, 3.63) is 76.0 Å². The van der Waals surface area contributed by atoms with Crippen LogP contribution in [0.15, 0.2) is 60.7 Å². The summed E-state index contributed by atoms with van der Waals surface area (Å²) in [4.78, 5) is 32.8. The summed E-state index contributed by atoms with van der Waals surface area (Å²) < 4.78 is 7.11. The van der Waals surface area contributed by atoms with Gasteiger partial charge in [0, 0.05) is 38.6 Å². The normalized spacial score (nSPS) is 10.7. The fourth-order valence-electron chi connectivity index (χ4n) is 3.59. The van der Waals surface area contributed by atoms with Gasteiger partial charge in [0.15, 0.2) is 0 Å². The van der Waals surface area contributed by atoms with Gasteiger partial charge in [-0.05, 0) is 48.9 Å². The molecule has 0 unspecified atom stereocenters. The molecule has 0 aliphatic carbocycles. The van der Waals surface area contributed by atoms with Crippen LogP contribution in [0.5, 0.6) is 0 Å². The number of aryl methyl sites for hydroxylation is 1. The second-order valence-electron chi connectivity index (χ2n) is 7.57. The molecule has 0 radical (unpaired) electrons. The molecule has 0 saturated heterocycles. The van der Waals surface area contributed by atoms with Crippen LogP contribution in [0.25, 0.3) is 11.0 Å². The molecule has 2 heterocycles. The van der Waals surface area contributed by atoms with Crippen LogP contribution in [-0.2, 0) is 11.3 Å². The van der Waals surface area contributed by atoms with Crippen LogP contribution < -0.4 is 10.2 Å². The predicted molar refractivity (Wildman–Crippen MR) is 132 cm³/mol. The molecule has 0 aliphatic heterocycles. The van der Waals surface area contributed by atoms with Crippen molar-refractivity contribution in [3.8, 4) is 6.07 Å². The van der Waals surface area contributed by atoms with Crippen molar-refractivity contribution >= 4 is 45.8 Å². The minimum Gasteiger partial charge on any atom is -0.385 e. The number of nitriles is 1. The number of carbonyl (C=O) groups excluding carboxylic acids is 2. The lowest BCUT2D eigenvalue weighted by Gasteiger charge is -2.17. The number of nitrogens with zero attached hydrogens (tertiary/aromatic N) is 4. The van der Waals surface area contributed by atoms with Crippen molar-refractivity contribution in [2.45, 2.75) is 13.0 Å². The summed E-state index contributed by atoms with van der Waals surface area (Å²) in [5, 5.41) is 11.9. The van der Waals surface area contributed by atoms with E-state index in [2.05, 4.69) is 10.3 Å². The molecule has 0 bridgehead atoms. The van der Waals surface area contributed by atoms with E-state index in [1.165, 1.54) is 0 Å². The maximum absolute atomic E-state index is 12.9. The maximum Gasteiger partial charge on any atom is 0.268 e.